The highest BCUT2D eigenvalue weighted by molar-refractivity contribution is 7.98. The smallest absolute Gasteiger partial charge is 0.270 e. The van der Waals surface area contributed by atoms with E-state index in [4.69, 9.17) is 0 Å². The Morgan fingerprint density at radius 1 is 1.30 bits per heavy atom. The minimum atomic E-state index is -0.121. The molecule has 2 rings (SSSR count). The Morgan fingerprint density at radius 2 is 2.00 bits per heavy atom. The molecule has 0 unspecified atom stereocenters. The Kier molecular flexibility index (Phi) is 5.06. The third-order valence-electron chi connectivity index (χ3n) is 3.18. The highest BCUT2D eigenvalue weighted by Crippen LogP contribution is 2.21. The molecule has 0 aliphatic rings. The Morgan fingerprint density at radius 3 is 2.60 bits per heavy atom. The van der Waals surface area contributed by atoms with E-state index in [2.05, 4.69) is 55.2 Å². The summed E-state index contributed by atoms with van der Waals surface area (Å²) in [5.74, 6) is 1.38. The van der Waals surface area contributed by atoms with Crippen LogP contribution in [0, 0.1) is 0 Å². The largest absolute Gasteiger partial charge is 0.343 e. The average molecular weight is 291 g/mol. The predicted octanol–water partition coefficient (Wildman–Crippen LogP) is 3.40. The lowest BCUT2D eigenvalue weighted by Crippen LogP contribution is -2.17. The Balaban J connectivity index is 2.03. The van der Waals surface area contributed by atoms with Gasteiger partial charge in [0.05, 0.1) is 0 Å². The van der Waals surface area contributed by atoms with Gasteiger partial charge in [-0.05, 0) is 23.5 Å². The van der Waals surface area contributed by atoms with Crippen LogP contribution in [0.2, 0.25) is 0 Å². The van der Waals surface area contributed by atoms with Gasteiger partial charge >= 0.3 is 5.69 Å². The van der Waals surface area contributed by atoms with Crippen LogP contribution in [0.4, 0.5) is 0 Å². The van der Waals surface area contributed by atoms with Gasteiger partial charge in [-0.2, -0.15) is 0 Å². The van der Waals surface area contributed by atoms with E-state index in [9.17, 15) is 4.79 Å². The number of nitrogens with one attached hydrogen (secondary N) is 1. The van der Waals surface area contributed by atoms with Gasteiger partial charge < -0.3 is 0 Å². The fraction of sp³-hybridized carbons (Fsp3) is 0.467. The van der Waals surface area contributed by atoms with Crippen LogP contribution in [0.1, 0.15) is 44.2 Å². The first kappa shape index (κ1) is 14.9. The summed E-state index contributed by atoms with van der Waals surface area (Å²) in [6.45, 7) is 7.15. The second kappa shape index (κ2) is 6.79. The molecule has 5 heteroatoms. The molecule has 0 atom stereocenters. The maximum atomic E-state index is 11.6. The minimum absolute atomic E-state index is 0.121. The van der Waals surface area contributed by atoms with Crippen LogP contribution < -0.4 is 5.69 Å². The first-order valence-corrected chi connectivity index (χ1v) is 7.97. The van der Waals surface area contributed by atoms with Gasteiger partial charge in [0.15, 0.2) is 5.16 Å². The standard InChI is InChI=1S/C15H21N3OS/c1-4-9-18-14(19)16-17-15(18)20-10-12-5-7-13(8-6-12)11(2)3/h5-8,11H,4,9-10H2,1-3H3,(H,16,19). The highest BCUT2D eigenvalue weighted by Gasteiger charge is 2.08. The Labute approximate surface area is 123 Å². The molecule has 2 aromatic rings. The fourth-order valence-electron chi connectivity index (χ4n) is 1.98. The molecule has 1 N–H and O–H groups in total. The molecule has 0 saturated heterocycles. The van der Waals surface area contributed by atoms with E-state index in [0.29, 0.717) is 12.5 Å². The van der Waals surface area contributed by atoms with E-state index in [1.54, 1.807) is 16.3 Å². The fourth-order valence-corrected chi connectivity index (χ4v) is 2.91. The van der Waals surface area contributed by atoms with Crippen molar-refractivity contribution in [2.75, 3.05) is 0 Å². The van der Waals surface area contributed by atoms with Crippen molar-refractivity contribution in [2.24, 2.45) is 0 Å². The summed E-state index contributed by atoms with van der Waals surface area (Å²) in [5, 5.41) is 7.37. The third kappa shape index (κ3) is 3.54. The molecule has 1 aromatic carbocycles. The molecule has 0 aliphatic heterocycles. The molecule has 0 spiro atoms. The van der Waals surface area contributed by atoms with Crippen molar-refractivity contribution in [2.45, 2.75) is 50.6 Å². The zero-order chi connectivity index (χ0) is 14.5. The molecule has 4 nitrogen and oxygen atoms in total. The molecule has 0 aliphatic carbocycles. The Hall–Kier alpha value is -1.49. The van der Waals surface area contributed by atoms with Gasteiger partial charge in [0.25, 0.3) is 0 Å². The van der Waals surface area contributed by atoms with Gasteiger partial charge in [0.2, 0.25) is 0 Å². The van der Waals surface area contributed by atoms with E-state index in [1.165, 1.54) is 11.1 Å². The van der Waals surface area contributed by atoms with Gasteiger partial charge in [-0.15, -0.1) is 5.10 Å². The summed E-state index contributed by atoms with van der Waals surface area (Å²) in [7, 11) is 0. The minimum Gasteiger partial charge on any atom is -0.270 e. The summed E-state index contributed by atoms with van der Waals surface area (Å²) >= 11 is 1.60. The van der Waals surface area contributed by atoms with E-state index in [0.717, 1.165) is 17.3 Å². The van der Waals surface area contributed by atoms with Crippen LogP contribution >= 0.6 is 11.8 Å². The van der Waals surface area contributed by atoms with Gasteiger partial charge in [-0.1, -0.05) is 56.8 Å². The summed E-state index contributed by atoms with van der Waals surface area (Å²) in [6, 6.07) is 8.64. The summed E-state index contributed by atoms with van der Waals surface area (Å²) < 4.78 is 1.70. The zero-order valence-corrected chi connectivity index (χ0v) is 13.0. The molecule has 20 heavy (non-hydrogen) atoms. The summed E-state index contributed by atoms with van der Waals surface area (Å²) in [6.07, 6.45) is 0.927. The van der Waals surface area contributed by atoms with E-state index in [-0.39, 0.29) is 5.69 Å². The number of rotatable bonds is 6. The van der Waals surface area contributed by atoms with Gasteiger partial charge in [0, 0.05) is 12.3 Å². The molecular formula is C15H21N3OS. The maximum absolute atomic E-state index is 11.6. The number of benzene rings is 1. The van der Waals surface area contributed by atoms with Crippen LogP contribution in [-0.2, 0) is 12.3 Å². The summed E-state index contributed by atoms with van der Waals surface area (Å²) in [4.78, 5) is 11.6. The molecule has 1 aromatic heterocycles. The average Bonchev–Trinajstić information content (AvgIpc) is 2.79. The lowest BCUT2D eigenvalue weighted by molar-refractivity contribution is 0.604. The molecule has 0 bridgehead atoms. The second-order valence-electron chi connectivity index (χ2n) is 5.15. The molecule has 0 saturated carbocycles. The lowest BCUT2D eigenvalue weighted by Gasteiger charge is -2.07. The second-order valence-corrected chi connectivity index (χ2v) is 6.09. The van der Waals surface area contributed by atoms with Crippen molar-refractivity contribution in [1.82, 2.24) is 14.8 Å². The first-order chi connectivity index (χ1) is 9.61. The first-order valence-electron chi connectivity index (χ1n) is 6.98. The van der Waals surface area contributed by atoms with Gasteiger partial charge in [-0.3, -0.25) is 4.57 Å². The topological polar surface area (TPSA) is 50.7 Å². The number of aromatic nitrogens is 3. The number of aromatic amines is 1. The normalized spacial score (nSPS) is 11.2. The quantitative estimate of drug-likeness (QED) is 0.830. The maximum Gasteiger partial charge on any atom is 0.343 e. The van der Waals surface area contributed by atoms with Gasteiger partial charge in [-0.25, -0.2) is 9.89 Å². The Bertz CT molecular complexity index is 598. The van der Waals surface area contributed by atoms with Crippen molar-refractivity contribution >= 4 is 11.8 Å². The monoisotopic (exact) mass is 291 g/mol. The van der Waals surface area contributed by atoms with Crippen molar-refractivity contribution in [1.29, 1.82) is 0 Å². The highest BCUT2D eigenvalue weighted by atomic mass is 32.2. The molecule has 0 fully saturated rings. The SMILES string of the molecule is CCCn1c(SCc2ccc(C(C)C)cc2)n[nH]c1=O. The number of hydrogen-bond donors (Lipinski definition) is 1. The summed E-state index contributed by atoms with van der Waals surface area (Å²) in [5.41, 5.74) is 2.48. The van der Waals surface area contributed by atoms with Crippen molar-refractivity contribution in [3.8, 4) is 0 Å². The van der Waals surface area contributed by atoms with Gasteiger partial charge in [0.1, 0.15) is 0 Å². The predicted molar refractivity (Wildman–Crippen MR) is 83.2 cm³/mol. The third-order valence-corrected chi connectivity index (χ3v) is 4.23. The number of H-pyrrole nitrogens is 1. The molecule has 0 radical (unpaired) electrons. The van der Waals surface area contributed by atoms with Crippen LogP contribution in [0.15, 0.2) is 34.2 Å². The van der Waals surface area contributed by atoms with Crippen LogP contribution in [-0.4, -0.2) is 14.8 Å². The van der Waals surface area contributed by atoms with Crippen molar-refractivity contribution in [3.63, 3.8) is 0 Å². The number of thioether (sulfide) groups is 1. The van der Waals surface area contributed by atoms with Crippen molar-refractivity contribution < 1.29 is 0 Å². The molecule has 1 heterocycles. The lowest BCUT2D eigenvalue weighted by atomic mass is 10.0. The molecule has 0 amide bonds. The molecule has 108 valence electrons. The number of nitrogens with zero attached hydrogens (tertiary/aromatic N) is 2. The van der Waals surface area contributed by atoms with Crippen LogP contribution in [0.3, 0.4) is 0 Å². The van der Waals surface area contributed by atoms with Crippen LogP contribution in [0.25, 0.3) is 0 Å². The van der Waals surface area contributed by atoms with E-state index in [1.807, 2.05) is 0 Å². The zero-order valence-electron chi connectivity index (χ0n) is 12.2. The van der Waals surface area contributed by atoms with E-state index >= 15 is 0 Å². The van der Waals surface area contributed by atoms with Crippen LogP contribution in [0.5, 0.6) is 0 Å². The van der Waals surface area contributed by atoms with E-state index < -0.39 is 0 Å². The van der Waals surface area contributed by atoms with Crippen molar-refractivity contribution in [3.05, 3.63) is 45.9 Å². The molecular weight excluding hydrogens is 270 g/mol. The number of hydrogen-bond acceptors (Lipinski definition) is 3.